The second kappa shape index (κ2) is 10.1. The van der Waals surface area contributed by atoms with E-state index >= 15 is 0 Å². The van der Waals surface area contributed by atoms with E-state index < -0.39 is 0 Å². The lowest BCUT2D eigenvalue weighted by molar-refractivity contribution is -0.114. The lowest BCUT2D eigenvalue weighted by Gasteiger charge is -2.38. The van der Waals surface area contributed by atoms with Gasteiger partial charge in [0.1, 0.15) is 0 Å². The van der Waals surface area contributed by atoms with Crippen molar-refractivity contribution in [2.75, 3.05) is 25.0 Å². The van der Waals surface area contributed by atoms with Crippen LogP contribution in [0.3, 0.4) is 0 Å². The highest BCUT2D eigenvalue weighted by molar-refractivity contribution is 5.97. The van der Waals surface area contributed by atoms with Crippen molar-refractivity contribution in [3.63, 3.8) is 0 Å². The fraction of sp³-hybridized carbons (Fsp3) is 0.375. The van der Waals surface area contributed by atoms with E-state index in [1.807, 2.05) is 40.1 Å². The third kappa shape index (κ3) is 5.26. The van der Waals surface area contributed by atoms with Gasteiger partial charge in [0.25, 0.3) is 11.8 Å². The van der Waals surface area contributed by atoms with Gasteiger partial charge >= 0.3 is 0 Å². The molecule has 0 spiro atoms. The zero-order valence-corrected chi connectivity index (χ0v) is 17.6. The number of rotatable bonds is 6. The molecule has 0 atom stereocenters. The summed E-state index contributed by atoms with van der Waals surface area (Å²) in [6.07, 6.45) is 2.38. The first-order valence-electron chi connectivity index (χ1n) is 10.5. The maximum atomic E-state index is 13.2. The molecule has 0 saturated carbocycles. The molecule has 2 aromatic rings. The van der Waals surface area contributed by atoms with E-state index in [1.165, 1.54) is 6.92 Å². The molecule has 6 heteroatoms. The van der Waals surface area contributed by atoms with Crippen molar-refractivity contribution in [1.29, 1.82) is 0 Å². The largest absolute Gasteiger partial charge is 0.338 e. The van der Waals surface area contributed by atoms with E-state index in [1.54, 1.807) is 24.3 Å². The molecule has 1 heterocycles. The number of nitrogens with one attached hydrogen (secondary N) is 1. The lowest BCUT2D eigenvalue weighted by atomic mass is 10.0. The van der Waals surface area contributed by atoms with Crippen molar-refractivity contribution in [2.24, 2.45) is 0 Å². The second-order valence-corrected chi connectivity index (χ2v) is 7.65. The van der Waals surface area contributed by atoms with Crippen LogP contribution in [0.1, 0.15) is 53.8 Å². The van der Waals surface area contributed by atoms with Crippen molar-refractivity contribution in [2.45, 2.75) is 39.2 Å². The SMILES string of the molecule is CCCN(C(=O)c1cccc(NC(C)=O)c1)C1CCN(C(=O)c2ccccc2)CC1. The minimum absolute atomic E-state index is 0.0307. The van der Waals surface area contributed by atoms with Gasteiger partial charge in [-0.15, -0.1) is 0 Å². The molecule has 1 N–H and O–H groups in total. The van der Waals surface area contributed by atoms with Gasteiger partial charge in [0, 0.05) is 49.4 Å². The summed E-state index contributed by atoms with van der Waals surface area (Å²) in [4.78, 5) is 41.1. The number of carbonyl (C=O) groups is 3. The smallest absolute Gasteiger partial charge is 0.254 e. The first-order chi connectivity index (χ1) is 14.5. The number of anilines is 1. The number of hydrogen-bond acceptors (Lipinski definition) is 3. The van der Waals surface area contributed by atoms with Crippen LogP contribution in [0, 0.1) is 0 Å². The molecule has 3 amide bonds. The first-order valence-corrected chi connectivity index (χ1v) is 10.5. The van der Waals surface area contributed by atoms with Gasteiger partial charge in [0.2, 0.25) is 5.91 Å². The van der Waals surface area contributed by atoms with Crippen molar-refractivity contribution in [3.05, 3.63) is 65.7 Å². The number of piperidine rings is 1. The minimum atomic E-state index is -0.166. The molecule has 1 saturated heterocycles. The van der Waals surface area contributed by atoms with Gasteiger partial charge in [0.15, 0.2) is 0 Å². The molecule has 1 aliphatic heterocycles. The molecule has 0 bridgehead atoms. The number of amides is 3. The quantitative estimate of drug-likeness (QED) is 0.792. The summed E-state index contributed by atoms with van der Waals surface area (Å²) >= 11 is 0. The van der Waals surface area contributed by atoms with Gasteiger partial charge in [-0.05, 0) is 49.6 Å². The van der Waals surface area contributed by atoms with Gasteiger partial charge < -0.3 is 15.1 Å². The van der Waals surface area contributed by atoms with Gasteiger partial charge in [0.05, 0.1) is 0 Å². The summed E-state index contributed by atoms with van der Waals surface area (Å²) in [5.74, 6) is -0.150. The third-order valence-electron chi connectivity index (χ3n) is 5.37. The van der Waals surface area contributed by atoms with E-state index in [2.05, 4.69) is 12.2 Å². The number of likely N-dealkylation sites (tertiary alicyclic amines) is 1. The fourth-order valence-corrected chi connectivity index (χ4v) is 3.93. The number of hydrogen-bond donors (Lipinski definition) is 1. The topological polar surface area (TPSA) is 69.7 Å². The highest BCUT2D eigenvalue weighted by atomic mass is 16.2. The summed E-state index contributed by atoms with van der Waals surface area (Å²) in [6, 6.07) is 16.5. The summed E-state index contributed by atoms with van der Waals surface area (Å²) in [5.41, 5.74) is 1.89. The summed E-state index contributed by atoms with van der Waals surface area (Å²) in [5, 5.41) is 2.73. The molecule has 0 aromatic heterocycles. The lowest BCUT2D eigenvalue weighted by Crippen LogP contribution is -2.49. The van der Waals surface area contributed by atoms with Crippen LogP contribution in [0.4, 0.5) is 5.69 Å². The number of nitrogens with zero attached hydrogens (tertiary/aromatic N) is 2. The zero-order chi connectivity index (χ0) is 21.5. The Hall–Kier alpha value is -3.15. The van der Waals surface area contributed by atoms with Crippen LogP contribution in [0.5, 0.6) is 0 Å². The van der Waals surface area contributed by atoms with Crippen molar-refractivity contribution in [3.8, 4) is 0 Å². The van der Waals surface area contributed by atoms with Crippen molar-refractivity contribution >= 4 is 23.4 Å². The number of carbonyl (C=O) groups excluding carboxylic acids is 3. The van der Waals surface area contributed by atoms with Gasteiger partial charge in [-0.3, -0.25) is 14.4 Å². The van der Waals surface area contributed by atoms with Gasteiger partial charge in [-0.2, -0.15) is 0 Å². The molecule has 1 fully saturated rings. The van der Waals surface area contributed by atoms with Crippen LogP contribution in [0.2, 0.25) is 0 Å². The molecule has 1 aliphatic rings. The third-order valence-corrected chi connectivity index (χ3v) is 5.37. The fourth-order valence-electron chi connectivity index (χ4n) is 3.93. The molecule has 0 aliphatic carbocycles. The molecular formula is C24H29N3O3. The van der Waals surface area contributed by atoms with E-state index in [9.17, 15) is 14.4 Å². The van der Waals surface area contributed by atoms with Crippen LogP contribution in [-0.2, 0) is 4.79 Å². The Balaban J connectivity index is 1.68. The Morgan fingerprint density at radius 3 is 2.30 bits per heavy atom. The van der Waals surface area contributed by atoms with E-state index in [0.717, 1.165) is 19.3 Å². The summed E-state index contributed by atoms with van der Waals surface area (Å²) in [6.45, 7) is 5.45. The zero-order valence-electron chi connectivity index (χ0n) is 17.6. The molecule has 3 rings (SSSR count). The molecule has 30 heavy (non-hydrogen) atoms. The van der Waals surface area contributed by atoms with Crippen LogP contribution >= 0.6 is 0 Å². The molecule has 6 nitrogen and oxygen atoms in total. The average Bonchev–Trinajstić information content (AvgIpc) is 2.77. The Kier molecular flexibility index (Phi) is 7.22. The maximum absolute atomic E-state index is 13.2. The van der Waals surface area contributed by atoms with E-state index in [4.69, 9.17) is 0 Å². The Bertz CT molecular complexity index is 890. The Labute approximate surface area is 177 Å². The maximum Gasteiger partial charge on any atom is 0.254 e. The monoisotopic (exact) mass is 407 g/mol. The summed E-state index contributed by atoms with van der Waals surface area (Å²) in [7, 11) is 0. The van der Waals surface area contributed by atoms with Crippen molar-refractivity contribution < 1.29 is 14.4 Å². The predicted molar refractivity (Wildman–Crippen MR) is 117 cm³/mol. The van der Waals surface area contributed by atoms with Gasteiger partial charge in [-0.25, -0.2) is 0 Å². The molecular weight excluding hydrogens is 378 g/mol. The van der Waals surface area contributed by atoms with Gasteiger partial charge in [-0.1, -0.05) is 31.2 Å². The van der Waals surface area contributed by atoms with E-state index in [0.29, 0.717) is 36.4 Å². The van der Waals surface area contributed by atoms with Crippen LogP contribution in [0.15, 0.2) is 54.6 Å². The first kappa shape index (κ1) is 21.6. The van der Waals surface area contributed by atoms with Crippen molar-refractivity contribution in [1.82, 2.24) is 9.80 Å². The van der Waals surface area contributed by atoms with Crippen LogP contribution in [-0.4, -0.2) is 53.2 Å². The molecule has 2 aromatic carbocycles. The van der Waals surface area contributed by atoms with E-state index in [-0.39, 0.29) is 23.8 Å². The molecule has 158 valence electrons. The predicted octanol–water partition coefficient (Wildman–Crippen LogP) is 3.80. The highest BCUT2D eigenvalue weighted by Gasteiger charge is 2.30. The van der Waals surface area contributed by atoms with Crippen LogP contribution in [0.25, 0.3) is 0 Å². The molecule has 0 unspecified atom stereocenters. The van der Waals surface area contributed by atoms with Crippen LogP contribution < -0.4 is 5.32 Å². The average molecular weight is 408 g/mol. The summed E-state index contributed by atoms with van der Waals surface area (Å²) < 4.78 is 0. The highest BCUT2D eigenvalue weighted by Crippen LogP contribution is 2.22. The molecule has 0 radical (unpaired) electrons. The number of benzene rings is 2. The second-order valence-electron chi connectivity index (χ2n) is 7.65. The minimum Gasteiger partial charge on any atom is -0.338 e. The Morgan fingerprint density at radius 2 is 1.67 bits per heavy atom. The normalized spacial score (nSPS) is 14.3. The standard InChI is InChI=1S/C24H29N3O3/c1-3-14-27(24(30)20-10-7-11-21(17-20)25-18(2)28)22-12-15-26(16-13-22)23(29)19-8-5-4-6-9-19/h4-11,17,22H,3,12-16H2,1-2H3,(H,25,28). The Morgan fingerprint density at radius 1 is 1.00 bits per heavy atom.